The monoisotopic (exact) mass is 235 g/mol. The number of nitrogens with one attached hydrogen (secondary N) is 1. The maximum absolute atomic E-state index is 12.6. The quantitative estimate of drug-likeness (QED) is 0.788. The first-order valence-electron chi connectivity index (χ1n) is 6.33. The van der Waals surface area contributed by atoms with Crippen molar-refractivity contribution in [3.05, 3.63) is 0 Å². The van der Waals surface area contributed by atoms with Crippen molar-refractivity contribution in [2.75, 3.05) is 13.1 Å². The molecule has 16 heavy (non-hydrogen) atoms. The van der Waals surface area contributed by atoms with Crippen LogP contribution < -0.4 is 5.32 Å². The molecule has 2 fully saturated rings. The van der Waals surface area contributed by atoms with Crippen LogP contribution in [0.4, 0.5) is 13.2 Å². The van der Waals surface area contributed by atoms with Gasteiger partial charge < -0.3 is 5.32 Å². The highest BCUT2D eigenvalue weighted by molar-refractivity contribution is 4.80. The van der Waals surface area contributed by atoms with Crippen LogP contribution in [0.25, 0.3) is 0 Å². The molecule has 0 bridgehead atoms. The Morgan fingerprint density at radius 1 is 0.938 bits per heavy atom. The first-order chi connectivity index (χ1) is 7.55. The van der Waals surface area contributed by atoms with Crippen molar-refractivity contribution in [2.45, 2.75) is 44.7 Å². The molecule has 0 radical (unpaired) electrons. The first-order valence-corrected chi connectivity index (χ1v) is 6.33. The van der Waals surface area contributed by atoms with Crippen LogP contribution in [0.3, 0.4) is 0 Å². The topological polar surface area (TPSA) is 12.0 Å². The second-order valence-electron chi connectivity index (χ2n) is 5.37. The second-order valence-corrected chi connectivity index (χ2v) is 5.37. The molecule has 0 saturated heterocycles. The average Bonchev–Trinajstić information content (AvgIpc) is 3.01. The lowest BCUT2D eigenvalue weighted by atomic mass is 9.81. The number of alkyl halides is 3. The largest absolute Gasteiger partial charge is 0.391 e. The fourth-order valence-corrected chi connectivity index (χ4v) is 2.59. The van der Waals surface area contributed by atoms with Gasteiger partial charge in [0.15, 0.2) is 0 Å². The zero-order valence-corrected chi connectivity index (χ0v) is 9.52. The maximum atomic E-state index is 12.6. The standard InChI is InChI=1S/C12H20F3N/c13-12(14,15)11-3-1-2-10(6-11)8-16-7-9-4-5-9/h9-11,16H,1-8H2. The zero-order valence-electron chi connectivity index (χ0n) is 9.52. The number of hydrogen-bond acceptors (Lipinski definition) is 1. The smallest absolute Gasteiger partial charge is 0.316 e. The van der Waals surface area contributed by atoms with E-state index in [-0.39, 0.29) is 5.92 Å². The molecular formula is C12H20F3N. The van der Waals surface area contributed by atoms with E-state index in [1.54, 1.807) is 0 Å². The number of hydrogen-bond donors (Lipinski definition) is 1. The van der Waals surface area contributed by atoms with Gasteiger partial charge in [0.1, 0.15) is 0 Å². The molecule has 2 aliphatic rings. The molecule has 0 amide bonds. The third-order valence-corrected chi connectivity index (χ3v) is 3.81. The van der Waals surface area contributed by atoms with Gasteiger partial charge in [0.25, 0.3) is 0 Å². The summed E-state index contributed by atoms with van der Waals surface area (Å²) in [5.74, 6) is -0.00453. The molecule has 0 heterocycles. The Kier molecular flexibility index (Phi) is 3.77. The van der Waals surface area contributed by atoms with Gasteiger partial charge >= 0.3 is 6.18 Å². The molecule has 1 N–H and O–H groups in total. The lowest BCUT2D eigenvalue weighted by molar-refractivity contribution is -0.185. The van der Waals surface area contributed by atoms with Crippen LogP contribution in [0, 0.1) is 17.8 Å². The van der Waals surface area contributed by atoms with Crippen LogP contribution in [-0.2, 0) is 0 Å². The molecule has 1 nitrogen and oxygen atoms in total. The van der Waals surface area contributed by atoms with E-state index in [1.165, 1.54) is 12.8 Å². The summed E-state index contributed by atoms with van der Waals surface area (Å²) in [6.45, 7) is 1.79. The van der Waals surface area contributed by atoms with Crippen LogP contribution in [-0.4, -0.2) is 19.3 Å². The van der Waals surface area contributed by atoms with Crippen molar-refractivity contribution in [1.82, 2.24) is 5.32 Å². The summed E-state index contributed by atoms with van der Waals surface area (Å²) < 4.78 is 37.7. The van der Waals surface area contributed by atoms with E-state index >= 15 is 0 Å². The molecule has 0 spiro atoms. The molecule has 0 aliphatic heterocycles. The van der Waals surface area contributed by atoms with E-state index in [9.17, 15) is 13.2 Å². The van der Waals surface area contributed by atoms with Gasteiger partial charge in [-0.15, -0.1) is 0 Å². The van der Waals surface area contributed by atoms with E-state index in [4.69, 9.17) is 0 Å². The van der Waals surface area contributed by atoms with Crippen molar-refractivity contribution in [3.8, 4) is 0 Å². The molecular weight excluding hydrogens is 215 g/mol. The predicted molar refractivity (Wildman–Crippen MR) is 57.1 cm³/mol. The molecule has 2 atom stereocenters. The van der Waals surface area contributed by atoms with Crippen LogP contribution in [0.2, 0.25) is 0 Å². The van der Waals surface area contributed by atoms with Gasteiger partial charge in [0.2, 0.25) is 0 Å². The molecule has 2 unspecified atom stereocenters. The molecule has 2 saturated carbocycles. The van der Waals surface area contributed by atoms with Gasteiger partial charge in [-0.2, -0.15) is 13.2 Å². The fourth-order valence-electron chi connectivity index (χ4n) is 2.59. The van der Waals surface area contributed by atoms with E-state index in [1.807, 2.05) is 0 Å². The van der Waals surface area contributed by atoms with Crippen molar-refractivity contribution >= 4 is 0 Å². The van der Waals surface area contributed by atoms with Crippen molar-refractivity contribution < 1.29 is 13.2 Å². The molecule has 2 rings (SSSR count). The van der Waals surface area contributed by atoms with Crippen LogP contribution >= 0.6 is 0 Å². The molecule has 94 valence electrons. The summed E-state index contributed by atoms with van der Waals surface area (Å²) in [4.78, 5) is 0. The lowest BCUT2D eigenvalue weighted by Gasteiger charge is -2.30. The molecule has 0 aromatic heterocycles. The van der Waals surface area contributed by atoms with E-state index in [0.29, 0.717) is 12.8 Å². The Balaban J connectivity index is 1.68. The normalized spacial score (nSPS) is 31.7. The number of halogens is 3. The summed E-state index contributed by atoms with van der Waals surface area (Å²) >= 11 is 0. The Bertz CT molecular complexity index is 223. The molecule has 2 aliphatic carbocycles. The molecule has 0 aromatic carbocycles. The summed E-state index contributed by atoms with van der Waals surface area (Å²) in [6.07, 6.45) is 0.981. The van der Waals surface area contributed by atoms with Crippen molar-refractivity contribution in [3.63, 3.8) is 0 Å². The summed E-state index contributed by atoms with van der Waals surface area (Å²) in [7, 11) is 0. The minimum atomic E-state index is -3.98. The Hall–Kier alpha value is -0.250. The van der Waals surface area contributed by atoms with Crippen LogP contribution in [0.5, 0.6) is 0 Å². The third-order valence-electron chi connectivity index (χ3n) is 3.81. The highest BCUT2D eigenvalue weighted by Crippen LogP contribution is 2.39. The minimum Gasteiger partial charge on any atom is -0.316 e. The Labute approximate surface area is 94.8 Å². The van der Waals surface area contributed by atoms with Crippen LogP contribution in [0.1, 0.15) is 38.5 Å². The fraction of sp³-hybridized carbons (Fsp3) is 1.00. The van der Waals surface area contributed by atoms with Gasteiger partial charge in [-0.3, -0.25) is 0 Å². The highest BCUT2D eigenvalue weighted by atomic mass is 19.4. The molecule has 4 heteroatoms. The Morgan fingerprint density at radius 3 is 2.25 bits per heavy atom. The van der Waals surface area contributed by atoms with Crippen LogP contribution in [0.15, 0.2) is 0 Å². The minimum absolute atomic E-state index is 0.235. The second kappa shape index (κ2) is 4.94. The Morgan fingerprint density at radius 2 is 1.62 bits per heavy atom. The van der Waals surface area contributed by atoms with Crippen molar-refractivity contribution in [1.29, 1.82) is 0 Å². The average molecular weight is 235 g/mol. The maximum Gasteiger partial charge on any atom is 0.391 e. The third kappa shape index (κ3) is 3.65. The summed E-state index contributed by atoms with van der Waals surface area (Å²) in [5, 5.41) is 3.32. The van der Waals surface area contributed by atoms with Gasteiger partial charge in [0, 0.05) is 0 Å². The summed E-state index contributed by atoms with van der Waals surface area (Å²) in [6, 6.07) is 0. The van der Waals surface area contributed by atoms with Gasteiger partial charge in [-0.05, 0) is 57.0 Å². The molecule has 0 aromatic rings. The zero-order chi connectivity index (χ0) is 11.6. The van der Waals surface area contributed by atoms with Crippen molar-refractivity contribution in [2.24, 2.45) is 17.8 Å². The first kappa shape index (κ1) is 12.2. The van der Waals surface area contributed by atoms with Gasteiger partial charge in [0.05, 0.1) is 5.92 Å². The van der Waals surface area contributed by atoms with E-state index in [2.05, 4.69) is 5.32 Å². The number of rotatable bonds is 4. The van der Waals surface area contributed by atoms with Gasteiger partial charge in [-0.25, -0.2) is 0 Å². The highest BCUT2D eigenvalue weighted by Gasteiger charge is 2.41. The van der Waals surface area contributed by atoms with E-state index in [0.717, 1.165) is 31.8 Å². The predicted octanol–water partition coefficient (Wildman–Crippen LogP) is 3.35. The SMILES string of the molecule is FC(F)(F)C1CCCC(CNCC2CC2)C1. The van der Waals surface area contributed by atoms with E-state index < -0.39 is 12.1 Å². The lowest BCUT2D eigenvalue weighted by Crippen LogP contribution is -2.33. The van der Waals surface area contributed by atoms with Gasteiger partial charge in [-0.1, -0.05) is 6.42 Å². The summed E-state index contributed by atoms with van der Waals surface area (Å²) in [5.41, 5.74) is 0.